The van der Waals surface area contributed by atoms with Crippen molar-refractivity contribution < 1.29 is 19.1 Å². The van der Waals surface area contributed by atoms with E-state index in [1.807, 2.05) is 18.2 Å². The Morgan fingerprint density at radius 1 is 1.08 bits per heavy atom. The highest BCUT2D eigenvalue weighted by atomic mass is 32.9. The van der Waals surface area contributed by atoms with Gasteiger partial charge in [0.15, 0.2) is 6.29 Å². The van der Waals surface area contributed by atoms with Gasteiger partial charge in [0.25, 0.3) is 0 Å². The molecule has 25 heavy (non-hydrogen) atoms. The number of benzene rings is 2. The van der Waals surface area contributed by atoms with Gasteiger partial charge in [-0.25, -0.2) is 4.79 Å². The fourth-order valence-electron chi connectivity index (χ4n) is 2.11. The highest BCUT2D eigenvalue weighted by molar-refractivity contribution is 7.80. The molecule has 4 nitrogen and oxygen atoms in total. The van der Waals surface area contributed by atoms with Crippen LogP contribution in [0.2, 0.25) is 0 Å². The first kappa shape index (κ1) is 17.5. The zero-order valence-corrected chi connectivity index (χ0v) is 15.3. The monoisotopic (exact) mass is 388 g/mol. The molecule has 7 heteroatoms. The first-order valence-electron chi connectivity index (χ1n) is 7.25. The van der Waals surface area contributed by atoms with Gasteiger partial charge < -0.3 is 9.47 Å². The highest BCUT2D eigenvalue weighted by Crippen LogP contribution is 2.30. The van der Waals surface area contributed by atoms with Gasteiger partial charge in [-0.1, -0.05) is 45.0 Å². The third kappa shape index (κ3) is 4.39. The molecule has 126 valence electrons. The van der Waals surface area contributed by atoms with Crippen molar-refractivity contribution in [2.45, 2.75) is 0 Å². The lowest BCUT2D eigenvalue weighted by Gasteiger charge is -2.09. The fourth-order valence-corrected chi connectivity index (χ4v) is 4.51. The molecule has 0 aliphatic carbocycles. The molecule has 0 fully saturated rings. The normalized spacial score (nSPS) is 10.2. The van der Waals surface area contributed by atoms with Crippen LogP contribution in [0.4, 0.5) is 0 Å². The predicted molar refractivity (Wildman–Crippen MR) is 101 cm³/mol. The largest absolute Gasteiger partial charge is 0.485 e. The fraction of sp³-hybridized carbons (Fsp3) is 0.0556. The second-order valence-electron chi connectivity index (χ2n) is 4.88. The number of carbonyl (C=O) groups excluding carboxylic acids is 2. The second kappa shape index (κ2) is 8.15. The van der Waals surface area contributed by atoms with Crippen LogP contribution in [0.3, 0.4) is 0 Å². The summed E-state index contributed by atoms with van der Waals surface area (Å²) in [7, 11) is 3.17. The van der Waals surface area contributed by atoms with Crippen molar-refractivity contribution in [2.24, 2.45) is 0 Å². The van der Waals surface area contributed by atoms with Crippen LogP contribution in [0.25, 0.3) is 10.4 Å². The van der Waals surface area contributed by atoms with E-state index in [2.05, 4.69) is 0 Å². The Morgan fingerprint density at radius 3 is 2.52 bits per heavy atom. The van der Waals surface area contributed by atoms with Crippen molar-refractivity contribution in [3.63, 3.8) is 0 Å². The molecule has 0 N–H and O–H groups in total. The average Bonchev–Trinajstić information content (AvgIpc) is 3.07. The first-order valence-corrected chi connectivity index (χ1v) is 9.81. The number of carbonyl (C=O) groups is 2. The second-order valence-corrected chi connectivity index (χ2v) is 7.79. The summed E-state index contributed by atoms with van der Waals surface area (Å²) in [5, 5.41) is 0. The van der Waals surface area contributed by atoms with Crippen molar-refractivity contribution in [1.29, 1.82) is 0 Å². The molecule has 0 aliphatic heterocycles. The maximum absolute atomic E-state index is 12.4. The maximum atomic E-state index is 12.4. The van der Waals surface area contributed by atoms with E-state index in [1.165, 1.54) is 0 Å². The van der Waals surface area contributed by atoms with Crippen LogP contribution >= 0.6 is 32.9 Å². The van der Waals surface area contributed by atoms with Gasteiger partial charge in [0.1, 0.15) is 27.5 Å². The molecular weight excluding hydrogens is 376 g/mol. The molecular formula is C18H12O4S3. The Bertz CT molecular complexity index is 941. The minimum atomic E-state index is -0.541. The van der Waals surface area contributed by atoms with Crippen LogP contribution < -0.4 is 9.47 Å². The number of hydrogen-bond donors (Lipinski definition) is 0. The molecule has 0 radical (unpaired) electrons. The maximum Gasteiger partial charge on any atom is 0.347 e. The minimum Gasteiger partial charge on any atom is -0.485 e. The van der Waals surface area contributed by atoms with E-state index in [0.29, 0.717) is 17.8 Å². The molecule has 0 bridgehead atoms. The van der Waals surface area contributed by atoms with Crippen LogP contribution in [0, 0.1) is 3.82 Å². The topological polar surface area (TPSA) is 52.6 Å². The lowest BCUT2D eigenvalue weighted by molar-refractivity contribution is -0.109. The first-order chi connectivity index (χ1) is 12.2. The van der Waals surface area contributed by atoms with E-state index in [-0.39, 0.29) is 12.2 Å². The number of hydrogen-bond acceptors (Lipinski definition) is 7. The van der Waals surface area contributed by atoms with Gasteiger partial charge in [-0.05, 0) is 48.0 Å². The van der Waals surface area contributed by atoms with E-state index in [4.69, 9.17) is 21.7 Å². The predicted octanol–water partition coefficient (Wildman–Crippen LogP) is 5.00. The molecule has 0 amide bonds. The number of ether oxygens (including phenoxy) is 2. The van der Waals surface area contributed by atoms with E-state index in [0.717, 1.165) is 14.3 Å². The third-order valence-corrected chi connectivity index (χ3v) is 6.14. The molecule has 0 saturated heterocycles. The van der Waals surface area contributed by atoms with E-state index < -0.39 is 5.97 Å². The van der Waals surface area contributed by atoms with Gasteiger partial charge in [-0.15, -0.1) is 0 Å². The molecule has 2 aromatic carbocycles. The van der Waals surface area contributed by atoms with Crippen LogP contribution in [0.1, 0.15) is 10.4 Å². The molecule has 1 heterocycles. The summed E-state index contributed by atoms with van der Waals surface area (Å²) in [4.78, 5) is 23.9. The van der Waals surface area contributed by atoms with Crippen LogP contribution in [0.5, 0.6) is 11.5 Å². The summed E-state index contributed by atoms with van der Waals surface area (Å²) in [6, 6.07) is 15.8. The summed E-state index contributed by atoms with van der Waals surface area (Å²) in [6.07, 6.45) is 0.626. The Labute approximate surface area is 156 Å². The quantitative estimate of drug-likeness (QED) is 0.195. The van der Waals surface area contributed by atoms with Gasteiger partial charge in [0, 0.05) is 4.88 Å². The minimum absolute atomic E-state index is 0.119. The summed E-state index contributed by atoms with van der Waals surface area (Å²) in [5.74, 6) is 0.201. The lowest BCUT2D eigenvalue weighted by Crippen LogP contribution is -2.11. The van der Waals surface area contributed by atoms with Crippen LogP contribution in [-0.2, 0) is 4.79 Å². The van der Waals surface area contributed by atoms with Crippen LogP contribution in [0.15, 0.2) is 54.6 Å². The number of aldehydes is 1. The molecule has 1 aromatic heterocycles. The Kier molecular flexibility index (Phi) is 5.70. The standard InChI is InChI=1S/C18H12O4S3/c19-9-10-21-15-4-2-1-3-14(15)18(20)22-13-7-5-12(6-8-13)16-11-17(23)25-24-16/h1-9,11H,10H2. The summed E-state index contributed by atoms with van der Waals surface area (Å²) in [5.41, 5.74) is 1.29. The van der Waals surface area contributed by atoms with Gasteiger partial charge >= 0.3 is 5.97 Å². The average molecular weight is 388 g/mol. The lowest BCUT2D eigenvalue weighted by atomic mass is 10.2. The SMILES string of the molecule is O=CCOc1ccccc1C(=O)Oc1ccc(-c2cc(=S)ss2)cc1. The molecule has 0 atom stereocenters. The van der Waals surface area contributed by atoms with Crippen molar-refractivity contribution in [3.05, 3.63) is 64.0 Å². The summed E-state index contributed by atoms with van der Waals surface area (Å²) < 4.78 is 11.5. The molecule has 0 saturated carbocycles. The van der Waals surface area contributed by atoms with Crippen LogP contribution in [-0.4, -0.2) is 18.9 Å². The molecule has 0 spiro atoms. The van der Waals surface area contributed by atoms with E-state index in [9.17, 15) is 9.59 Å². The summed E-state index contributed by atoms with van der Waals surface area (Å²) >= 11 is 5.14. The Balaban J connectivity index is 1.75. The van der Waals surface area contributed by atoms with Crippen molar-refractivity contribution >= 4 is 45.2 Å². The van der Waals surface area contributed by atoms with E-state index >= 15 is 0 Å². The van der Waals surface area contributed by atoms with Crippen molar-refractivity contribution in [2.75, 3.05) is 6.61 Å². The summed E-state index contributed by atoms with van der Waals surface area (Å²) in [6.45, 7) is -0.119. The smallest absolute Gasteiger partial charge is 0.347 e. The highest BCUT2D eigenvalue weighted by Gasteiger charge is 2.14. The molecule has 0 unspecified atom stereocenters. The molecule has 3 rings (SSSR count). The Morgan fingerprint density at radius 2 is 1.84 bits per heavy atom. The third-order valence-electron chi connectivity index (χ3n) is 3.23. The van der Waals surface area contributed by atoms with Gasteiger partial charge in [-0.3, -0.25) is 4.79 Å². The van der Waals surface area contributed by atoms with Gasteiger partial charge in [-0.2, -0.15) is 0 Å². The van der Waals surface area contributed by atoms with E-state index in [1.54, 1.807) is 57.1 Å². The zero-order chi connectivity index (χ0) is 17.6. The number of esters is 1. The Hall–Kier alpha value is -2.35. The zero-order valence-electron chi connectivity index (χ0n) is 12.8. The number of rotatable bonds is 6. The molecule has 0 aliphatic rings. The van der Waals surface area contributed by atoms with Gasteiger partial charge in [0.2, 0.25) is 0 Å². The van der Waals surface area contributed by atoms with Crippen molar-refractivity contribution in [1.82, 2.24) is 0 Å². The van der Waals surface area contributed by atoms with Crippen molar-refractivity contribution in [3.8, 4) is 21.9 Å². The van der Waals surface area contributed by atoms with Gasteiger partial charge in [0.05, 0.1) is 0 Å². The molecule has 3 aromatic rings. The number of para-hydroxylation sites is 1.